The lowest BCUT2D eigenvalue weighted by molar-refractivity contribution is -0.142. The lowest BCUT2D eigenvalue weighted by atomic mass is 10.0. The van der Waals surface area contributed by atoms with Gasteiger partial charge in [-0.05, 0) is 44.0 Å². The molecule has 27 heavy (non-hydrogen) atoms. The number of carbonyl (C=O) groups is 3. The zero-order valence-corrected chi connectivity index (χ0v) is 15.7. The summed E-state index contributed by atoms with van der Waals surface area (Å²) in [5.41, 5.74) is 0.680. The Morgan fingerprint density at radius 2 is 1.85 bits per heavy atom. The second-order valence-electron chi connectivity index (χ2n) is 6.55. The first-order chi connectivity index (χ1) is 13.0. The van der Waals surface area contributed by atoms with E-state index in [-0.39, 0.29) is 30.6 Å². The summed E-state index contributed by atoms with van der Waals surface area (Å²) in [4.78, 5) is 34.2. The van der Waals surface area contributed by atoms with Gasteiger partial charge in [-0.3, -0.25) is 4.79 Å². The quantitative estimate of drug-likeness (QED) is 0.428. The van der Waals surface area contributed by atoms with Gasteiger partial charge >= 0.3 is 12.0 Å². The Morgan fingerprint density at radius 1 is 1.11 bits per heavy atom. The molecule has 1 fully saturated rings. The van der Waals surface area contributed by atoms with Crippen LogP contribution < -0.4 is 20.7 Å². The fraction of sp³-hybridized carbons (Fsp3) is 0.526. The second kappa shape index (κ2) is 10.4. The first-order valence-electron chi connectivity index (χ1n) is 9.14. The third-order valence-electron chi connectivity index (χ3n) is 4.42. The Hall–Kier alpha value is -2.77. The Morgan fingerprint density at radius 3 is 2.48 bits per heavy atom. The number of benzene rings is 1. The van der Waals surface area contributed by atoms with Gasteiger partial charge in [-0.25, -0.2) is 9.59 Å². The van der Waals surface area contributed by atoms with Crippen molar-refractivity contribution in [2.75, 3.05) is 19.0 Å². The highest BCUT2D eigenvalue weighted by Crippen LogP contribution is 2.17. The van der Waals surface area contributed by atoms with Crippen molar-refractivity contribution in [2.45, 2.75) is 51.1 Å². The predicted molar refractivity (Wildman–Crippen MR) is 101 cm³/mol. The summed E-state index contributed by atoms with van der Waals surface area (Å²) in [6.07, 6.45) is 4.07. The van der Waals surface area contributed by atoms with Gasteiger partial charge in [0.2, 0.25) is 5.91 Å². The lowest BCUT2D eigenvalue weighted by Crippen LogP contribution is -2.30. The van der Waals surface area contributed by atoms with Gasteiger partial charge in [-0.2, -0.15) is 0 Å². The number of methoxy groups -OCH3 is 1. The van der Waals surface area contributed by atoms with Crippen molar-refractivity contribution in [1.29, 1.82) is 0 Å². The van der Waals surface area contributed by atoms with Crippen molar-refractivity contribution in [2.24, 2.45) is 0 Å². The maximum absolute atomic E-state index is 12.0. The van der Waals surface area contributed by atoms with Crippen LogP contribution in [0.1, 0.15) is 39.0 Å². The summed E-state index contributed by atoms with van der Waals surface area (Å²) in [7, 11) is 1.30. The first kappa shape index (κ1) is 20.5. The van der Waals surface area contributed by atoms with Crippen molar-refractivity contribution in [3.8, 4) is 5.75 Å². The van der Waals surface area contributed by atoms with E-state index < -0.39 is 5.97 Å². The number of nitrogens with one attached hydrogen (secondary N) is 3. The minimum absolute atomic E-state index is 0.0394. The largest absolute Gasteiger partial charge is 0.482 e. The van der Waals surface area contributed by atoms with Gasteiger partial charge in [0.1, 0.15) is 5.75 Å². The van der Waals surface area contributed by atoms with Crippen LogP contribution in [0.5, 0.6) is 5.75 Å². The van der Waals surface area contributed by atoms with Gasteiger partial charge in [-0.1, -0.05) is 12.8 Å². The predicted octanol–water partition coefficient (Wildman–Crippen LogP) is 2.20. The molecule has 0 bridgehead atoms. The van der Waals surface area contributed by atoms with Crippen LogP contribution in [0.15, 0.2) is 24.3 Å². The van der Waals surface area contributed by atoms with Gasteiger partial charge in [0.15, 0.2) is 6.61 Å². The Labute approximate surface area is 159 Å². The number of carbonyl (C=O) groups excluding carboxylic acids is 3. The number of rotatable bonds is 10. The van der Waals surface area contributed by atoms with E-state index in [1.807, 2.05) is 6.92 Å². The minimum Gasteiger partial charge on any atom is -0.482 e. The first-order valence-corrected chi connectivity index (χ1v) is 9.14. The van der Waals surface area contributed by atoms with Crippen LogP contribution in [0.25, 0.3) is 0 Å². The van der Waals surface area contributed by atoms with Crippen LogP contribution in [-0.4, -0.2) is 43.7 Å². The Kier molecular flexibility index (Phi) is 7.91. The average molecular weight is 377 g/mol. The topological polar surface area (TPSA) is 106 Å². The summed E-state index contributed by atoms with van der Waals surface area (Å²) in [5.74, 6) is 0.0389. The fourth-order valence-electron chi connectivity index (χ4n) is 2.85. The molecule has 0 radical (unpaired) electrons. The van der Waals surface area contributed by atoms with Gasteiger partial charge in [-0.15, -0.1) is 0 Å². The molecule has 1 saturated heterocycles. The number of anilines is 1. The standard InChI is InChI=1S/C19H27N3O5/c1-13-16(22-19(25)20-13)6-4-3-5-7-17(23)21-14-8-10-15(11-9-14)27-12-18(24)26-2/h8-11,13,16H,3-7,12H2,1-2H3,(H,21,23)(H2,20,22,25). The van der Waals surface area contributed by atoms with E-state index in [2.05, 4.69) is 20.7 Å². The number of unbranched alkanes of at least 4 members (excludes halogenated alkanes) is 2. The maximum atomic E-state index is 12.0. The van der Waals surface area contributed by atoms with Gasteiger partial charge in [0, 0.05) is 18.2 Å². The monoisotopic (exact) mass is 377 g/mol. The van der Waals surface area contributed by atoms with Crippen LogP contribution >= 0.6 is 0 Å². The number of esters is 1. The molecule has 2 atom stereocenters. The highest BCUT2D eigenvalue weighted by molar-refractivity contribution is 5.90. The van der Waals surface area contributed by atoms with Crippen LogP contribution in [-0.2, 0) is 14.3 Å². The third-order valence-corrected chi connectivity index (χ3v) is 4.42. The zero-order valence-electron chi connectivity index (χ0n) is 15.7. The van der Waals surface area contributed by atoms with E-state index in [4.69, 9.17) is 4.74 Å². The summed E-state index contributed by atoms with van der Waals surface area (Å²) in [6, 6.07) is 7.04. The zero-order chi connectivity index (χ0) is 19.6. The molecular weight excluding hydrogens is 350 g/mol. The van der Waals surface area contributed by atoms with Crippen LogP contribution in [0, 0.1) is 0 Å². The van der Waals surface area contributed by atoms with Crippen molar-refractivity contribution in [3.63, 3.8) is 0 Å². The van der Waals surface area contributed by atoms with E-state index >= 15 is 0 Å². The maximum Gasteiger partial charge on any atom is 0.343 e. The Balaban J connectivity index is 1.60. The summed E-state index contributed by atoms with van der Waals surface area (Å²) >= 11 is 0. The fourth-order valence-corrected chi connectivity index (χ4v) is 2.85. The molecule has 0 aromatic heterocycles. The molecule has 1 aromatic carbocycles. The second-order valence-corrected chi connectivity index (χ2v) is 6.55. The molecule has 0 aliphatic carbocycles. The molecule has 3 N–H and O–H groups in total. The van der Waals surface area contributed by atoms with Crippen LogP contribution in [0.4, 0.5) is 10.5 Å². The molecule has 148 valence electrons. The molecule has 8 nitrogen and oxygen atoms in total. The highest BCUT2D eigenvalue weighted by Gasteiger charge is 2.26. The van der Waals surface area contributed by atoms with Gasteiger partial charge < -0.3 is 25.4 Å². The van der Waals surface area contributed by atoms with Crippen molar-refractivity contribution in [1.82, 2.24) is 10.6 Å². The van der Waals surface area contributed by atoms with Gasteiger partial charge in [0.05, 0.1) is 13.2 Å². The number of hydrogen-bond acceptors (Lipinski definition) is 5. The lowest BCUT2D eigenvalue weighted by Gasteiger charge is -2.13. The Bertz CT molecular complexity index is 647. The molecule has 0 spiro atoms. The third kappa shape index (κ3) is 7.16. The molecule has 2 rings (SSSR count). The van der Waals surface area contributed by atoms with E-state index in [0.29, 0.717) is 17.9 Å². The van der Waals surface area contributed by atoms with E-state index in [1.165, 1.54) is 7.11 Å². The van der Waals surface area contributed by atoms with Crippen LogP contribution in [0.2, 0.25) is 0 Å². The molecule has 1 aromatic rings. The van der Waals surface area contributed by atoms with Crippen molar-refractivity contribution < 1.29 is 23.9 Å². The normalized spacial score (nSPS) is 18.4. The van der Waals surface area contributed by atoms with E-state index in [1.54, 1.807) is 24.3 Å². The molecular formula is C19H27N3O5. The SMILES string of the molecule is COC(=O)COc1ccc(NC(=O)CCCCCC2NC(=O)NC2C)cc1. The van der Waals surface area contributed by atoms with Crippen LogP contribution in [0.3, 0.4) is 0 Å². The smallest absolute Gasteiger partial charge is 0.343 e. The molecule has 1 aliphatic rings. The van der Waals surface area contributed by atoms with E-state index in [9.17, 15) is 14.4 Å². The van der Waals surface area contributed by atoms with Crippen molar-refractivity contribution >= 4 is 23.6 Å². The molecule has 0 saturated carbocycles. The van der Waals surface area contributed by atoms with Gasteiger partial charge in [0.25, 0.3) is 0 Å². The molecule has 1 aliphatic heterocycles. The molecule has 3 amide bonds. The number of ether oxygens (including phenoxy) is 2. The summed E-state index contributed by atoms with van der Waals surface area (Å²) in [5, 5.41) is 8.56. The van der Waals surface area contributed by atoms with E-state index in [0.717, 1.165) is 25.7 Å². The highest BCUT2D eigenvalue weighted by atomic mass is 16.6. The summed E-state index contributed by atoms with van der Waals surface area (Å²) in [6.45, 7) is 1.84. The van der Waals surface area contributed by atoms with Crippen molar-refractivity contribution in [3.05, 3.63) is 24.3 Å². The number of hydrogen-bond donors (Lipinski definition) is 3. The molecule has 2 unspecified atom stereocenters. The molecule has 8 heteroatoms. The number of amides is 3. The number of urea groups is 1. The minimum atomic E-state index is -0.451. The summed E-state index contributed by atoms with van der Waals surface area (Å²) < 4.78 is 9.75. The average Bonchev–Trinajstić information content (AvgIpc) is 2.97. The molecule has 1 heterocycles.